The number of nitrogens with zero attached hydrogens (tertiary/aromatic N) is 2. The summed E-state index contributed by atoms with van der Waals surface area (Å²) in [5, 5.41) is 5.41. The second kappa shape index (κ2) is 8.68. The lowest BCUT2D eigenvalue weighted by atomic mass is 10.3. The fraction of sp³-hybridized carbons (Fsp3) is 0.368. The predicted molar refractivity (Wildman–Crippen MR) is 105 cm³/mol. The summed E-state index contributed by atoms with van der Waals surface area (Å²) in [6, 6.07) is 9.42. The highest BCUT2D eigenvalue weighted by Crippen LogP contribution is 2.22. The van der Waals surface area contributed by atoms with Crippen LogP contribution in [-0.4, -0.2) is 49.0 Å². The molecule has 8 nitrogen and oxygen atoms in total. The van der Waals surface area contributed by atoms with Gasteiger partial charge < -0.3 is 15.4 Å². The maximum atomic E-state index is 12.8. The maximum absolute atomic E-state index is 12.8. The molecule has 1 aromatic heterocycles. The van der Waals surface area contributed by atoms with Crippen LogP contribution in [0.15, 0.2) is 53.7 Å². The number of sulfonamides is 1. The van der Waals surface area contributed by atoms with Gasteiger partial charge in [0.1, 0.15) is 0 Å². The summed E-state index contributed by atoms with van der Waals surface area (Å²) in [5.74, 6) is 0. The van der Waals surface area contributed by atoms with Gasteiger partial charge in [-0.25, -0.2) is 13.2 Å². The SMILES string of the molecule is CC1CN(S(=O)(=O)c2ccc(NC(=O)NCc3cccnc3)cc2)CC(C)O1. The molecule has 2 unspecified atom stereocenters. The quantitative estimate of drug-likeness (QED) is 0.796. The fourth-order valence-electron chi connectivity index (χ4n) is 3.05. The number of aromatic nitrogens is 1. The molecule has 9 heteroatoms. The largest absolute Gasteiger partial charge is 0.373 e. The highest BCUT2D eigenvalue weighted by molar-refractivity contribution is 7.89. The van der Waals surface area contributed by atoms with Crippen molar-refractivity contribution in [2.75, 3.05) is 18.4 Å². The summed E-state index contributed by atoms with van der Waals surface area (Å²) in [6.45, 7) is 4.71. The van der Waals surface area contributed by atoms with Crippen LogP contribution in [-0.2, 0) is 21.3 Å². The van der Waals surface area contributed by atoms with E-state index in [4.69, 9.17) is 4.74 Å². The van der Waals surface area contributed by atoms with Crippen LogP contribution >= 0.6 is 0 Å². The van der Waals surface area contributed by atoms with Crippen LogP contribution in [0, 0.1) is 0 Å². The molecule has 28 heavy (non-hydrogen) atoms. The number of hydrogen-bond acceptors (Lipinski definition) is 5. The van der Waals surface area contributed by atoms with E-state index >= 15 is 0 Å². The average Bonchev–Trinajstić information content (AvgIpc) is 2.67. The van der Waals surface area contributed by atoms with Crippen LogP contribution in [0.3, 0.4) is 0 Å². The molecule has 2 amide bonds. The third kappa shape index (κ3) is 5.06. The van der Waals surface area contributed by atoms with Crippen molar-refractivity contribution in [1.82, 2.24) is 14.6 Å². The Morgan fingerprint density at radius 1 is 1.18 bits per heavy atom. The molecule has 0 saturated carbocycles. The standard InChI is InChI=1S/C19H24N4O4S/c1-14-12-23(13-15(2)27-14)28(25,26)18-7-5-17(6-8-18)22-19(24)21-11-16-4-3-9-20-10-16/h3-10,14-15H,11-13H2,1-2H3,(H2,21,22,24). The number of benzene rings is 1. The molecule has 1 fully saturated rings. The molecule has 2 aromatic rings. The van der Waals surface area contributed by atoms with Gasteiger partial charge in [0.05, 0.1) is 17.1 Å². The summed E-state index contributed by atoms with van der Waals surface area (Å²) >= 11 is 0. The van der Waals surface area contributed by atoms with Gasteiger partial charge in [-0.1, -0.05) is 6.07 Å². The topological polar surface area (TPSA) is 101 Å². The second-order valence-corrected chi connectivity index (χ2v) is 8.71. The van der Waals surface area contributed by atoms with Crippen molar-refractivity contribution in [2.24, 2.45) is 0 Å². The van der Waals surface area contributed by atoms with Crippen molar-refractivity contribution in [3.63, 3.8) is 0 Å². The van der Waals surface area contributed by atoms with Crippen molar-refractivity contribution in [1.29, 1.82) is 0 Å². The summed E-state index contributed by atoms with van der Waals surface area (Å²) in [7, 11) is -3.60. The first-order valence-corrected chi connectivity index (χ1v) is 10.5. The van der Waals surface area contributed by atoms with Crippen molar-refractivity contribution in [3.8, 4) is 0 Å². The Kier molecular flexibility index (Phi) is 6.28. The zero-order valence-electron chi connectivity index (χ0n) is 15.8. The minimum Gasteiger partial charge on any atom is -0.373 e. The minimum atomic E-state index is -3.60. The molecule has 150 valence electrons. The van der Waals surface area contributed by atoms with Crippen molar-refractivity contribution < 1.29 is 17.9 Å². The van der Waals surface area contributed by atoms with Gasteiger partial charge in [-0.15, -0.1) is 0 Å². The zero-order valence-corrected chi connectivity index (χ0v) is 16.6. The first kappa shape index (κ1) is 20.2. The second-order valence-electron chi connectivity index (χ2n) is 6.77. The third-order valence-corrected chi connectivity index (χ3v) is 6.16. The number of amides is 2. The maximum Gasteiger partial charge on any atom is 0.319 e. The van der Waals surface area contributed by atoms with Gasteiger partial charge in [0.25, 0.3) is 0 Å². The predicted octanol–water partition coefficient (Wildman–Crippen LogP) is 2.20. The summed E-state index contributed by atoms with van der Waals surface area (Å²) in [4.78, 5) is 16.2. The highest BCUT2D eigenvalue weighted by atomic mass is 32.2. The summed E-state index contributed by atoms with van der Waals surface area (Å²) < 4.78 is 32.7. The summed E-state index contributed by atoms with van der Waals surface area (Å²) in [5.41, 5.74) is 1.39. The normalized spacial score (nSPS) is 20.5. The molecule has 0 bridgehead atoms. The van der Waals surface area contributed by atoms with Crippen molar-refractivity contribution >= 4 is 21.7 Å². The Morgan fingerprint density at radius 2 is 1.86 bits per heavy atom. The van der Waals surface area contributed by atoms with Gasteiger partial charge in [0, 0.05) is 37.7 Å². The molecule has 0 radical (unpaired) electrons. The number of urea groups is 1. The Balaban J connectivity index is 1.60. The molecule has 1 aromatic carbocycles. The number of rotatable bonds is 5. The Morgan fingerprint density at radius 3 is 2.46 bits per heavy atom. The van der Waals surface area contributed by atoms with Gasteiger partial charge in [-0.05, 0) is 49.7 Å². The van der Waals surface area contributed by atoms with E-state index < -0.39 is 10.0 Å². The Bertz CT molecular complexity index is 893. The van der Waals surface area contributed by atoms with Crippen molar-refractivity contribution in [2.45, 2.75) is 37.5 Å². The van der Waals surface area contributed by atoms with E-state index in [9.17, 15) is 13.2 Å². The van der Waals surface area contributed by atoms with Crippen LogP contribution in [0.25, 0.3) is 0 Å². The Hall–Kier alpha value is -2.49. The highest BCUT2D eigenvalue weighted by Gasteiger charge is 2.32. The molecule has 1 saturated heterocycles. The molecule has 2 atom stereocenters. The van der Waals surface area contributed by atoms with Crippen LogP contribution < -0.4 is 10.6 Å². The van der Waals surface area contributed by atoms with Gasteiger partial charge in [-0.2, -0.15) is 4.31 Å². The molecule has 1 aliphatic heterocycles. The average molecular weight is 404 g/mol. The van der Waals surface area contributed by atoms with Gasteiger partial charge in [-0.3, -0.25) is 4.98 Å². The van der Waals surface area contributed by atoms with E-state index in [1.54, 1.807) is 30.6 Å². The lowest BCUT2D eigenvalue weighted by Gasteiger charge is -2.34. The van der Waals surface area contributed by atoms with E-state index in [1.807, 2.05) is 19.9 Å². The van der Waals surface area contributed by atoms with Gasteiger partial charge >= 0.3 is 6.03 Å². The molecule has 0 spiro atoms. The Labute approximate surface area is 165 Å². The molecule has 0 aliphatic carbocycles. The molecular weight excluding hydrogens is 380 g/mol. The number of nitrogens with one attached hydrogen (secondary N) is 2. The van der Waals surface area contributed by atoms with Crippen LogP contribution in [0.1, 0.15) is 19.4 Å². The zero-order chi connectivity index (χ0) is 20.1. The number of morpholine rings is 1. The van der Waals surface area contributed by atoms with Crippen molar-refractivity contribution in [3.05, 3.63) is 54.4 Å². The first-order chi connectivity index (χ1) is 13.3. The number of carbonyl (C=O) groups is 1. The summed E-state index contributed by atoms with van der Waals surface area (Å²) in [6.07, 6.45) is 3.04. The van der Waals surface area contributed by atoms with Gasteiger partial charge in [0.2, 0.25) is 10.0 Å². The molecule has 2 heterocycles. The lowest BCUT2D eigenvalue weighted by molar-refractivity contribution is -0.0440. The van der Waals surface area contributed by atoms with E-state index in [2.05, 4.69) is 15.6 Å². The van der Waals surface area contributed by atoms with Crippen LogP contribution in [0.2, 0.25) is 0 Å². The number of pyridine rings is 1. The van der Waals surface area contributed by atoms with E-state index in [-0.39, 0.29) is 23.1 Å². The number of ether oxygens (including phenoxy) is 1. The van der Waals surface area contributed by atoms with Crippen LogP contribution in [0.4, 0.5) is 10.5 Å². The molecule has 3 rings (SSSR count). The van der Waals surface area contributed by atoms with Gasteiger partial charge in [0.15, 0.2) is 0 Å². The minimum absolute atomic E-state index is 0.150. The lowest BCUT2D eigenvalue weighted by Crippen LogP contribution is -2.48. The third-order valence-electron chi connectivity index (χ3n) is 4.31. The first-order valence-electron chi connectivity index (χ1n) is 9.04. The van der Waals surface area contributed by atoms with Crippen LogP contribution in [0.5, 0.6) is 0 Å². The van der Waals surface area contributed by atoms with E-state index in [0.717, 1.165) is 5.56 Å². The number of hydrogen-bond donors (Lipinski definition) is 2. The fourth-order valence-corrected chi connectivity index (χ4v) is 4.64. The van der Waals surface area contributed by atoms with E-state index in [1.165, 1.54) is 16.4 Å². The molecular formula is C19H24N4O4S. The molecule has 1 aliphatic rings. The number of anilines is 1. The number of carbonyl (C=O) groups excluding carboxylic acids is 1. The molecule has 2 N–H and O–H groups in total. The monoisotopic (exact) mass is 404 g/mol. The smallest absolute Gasteiger partial charge is 0.319 e. The van der Waals surface area contributed by atoms with E-state index in [0.29, 0.717) is 25.3 Å².